The smallest absolute Gasteiger partial charge is 0.226 e. The Hall–Kier alpha value is -1.59. The second-order valence-corrected chi connectivity index (χ2v) is 10.3. The molecule has 1 saturated heterocycles. The van der Waals surface area contributed by atoms with Gasteiger partial charge in [0, 0.05) is 23.1 Å². The van der Waals surface area contributed by atoms with Crippen LogP contribution in [0.2, 0.25) is 10.0 Å². The average Bonchev–Trinajstić information content (AvgIpc) is 3.09. The van der Waals surface area contributed by atoms with Gasteiger partial charge in [-0.15, -0.1) is 0 Å². The third-order valence-electron chi connectivity index (χ3n) is 7.73. The van der Waals surface area contributed by atoms with E-state index in [1.807, 2.05) is 18.2 Å². The first-order valence-corrected chi connectivity index (χ1v) is 12.6. The van der Waals surface area contributed by atoms with E-state index in [2.05, 4.69) is 43.4 Å². The van der Waals surface area contributed by atoms with Crippen molar-refractivity contribution < 1.29 is 14.3 Å². The number of rotatable bonds is 8. The van der Waals surface area contributed by atoms with Crippen LogP contribution in [0.1, 0.15) is 54.7 Å². The van der Waals surface area contributed by atoms with Gasteiger partial charge in [0.15, 0.2) is 0 Å². The van der Waals surface area contributed by atoms with Gasteiger partial charge in [0.05, 0.1) is 31.3 Å². The van der Waals surface area contributed by atoms with Gasteiger partial charge < -0.3 is 14.8 Å². The molecule has 5 atom stereocenters. The van der Waals surface area contributed by atoms with Crippen molar-refractivity contribution in [1.29, 1.82) is 0 Å². The van der Waals surface area contributed by atoms with E-state index >= 15 is 0 Å². The third kappa shape index (κ3) is 4.68. The summed E-state index contributed by atoms with van der Waals surface area (Å²) in [6.07, 6.45) is 2.55. The molecule has 1 amide bonds. The summed E-state index contributed by atoms with van der Waals surface area (Å²) in [5.74, 6) is 0.571. The molecule has 178 valence electrons. The molecule has 0 unspecified atom stereocenters. The number of benzene rings is 2. The Morgan fingerprint density at radius 2 is 1.88 bits per heavy atom. The number of hydrogen-bond acceptors (Lipinski definition) is 3. The number of hydrogen-bond donors (Lipinski definition) is 1. The number of carbonyl (C=O) groups excluding carboxylic acids is 1. The molecular weight excluding hydrogens is 457 g/mol. The number of carbonyl (C=O) groups is 1. The number of halogens is 2. The number of methoxy groups -OCH3 is 1. The Morgan fingerprint density at radius 3 is 2.55 bits per heavy atom. The zero-order valence-corrected chi connectivity index (χ0v) is 21.1. The van der Waals surface area contributed by atoms with Gasteiger partial charge in [0.2, 0.25) is 5.91 Å². The molecule has 1 aliphatic heterocycles. The fourth-order valence-electron chi connectivity index (χ4n) is 6.13. The Balaban J connectivity index is 1.79. The van der Waals surface area contributed by atoms with Gasteiger partial charge in [-0.05, 0) is 72.9 Å². The molecule has 2 aromatic carbocycles. The van der Waals surface area contributed by atoms with Crippen molar-refractivity contribution in [2.24, 2.45) is 11.3 Å². The maximum Gasteiger partial charge on any atom is 0.226 e. The first kappa shape index (κ1) is 24.5. The van der Waals surface area contributed by atoms with Gasteiger partial charge in [-0.2, -0.15) is 0 Å². The van der Waals surface area contributed by atoms with Crippen molar-refractivity contribution in [2.75, 3.05) is 26.9 Å². The second kappa shape index (κ2) is 10.4. The summed E-state index contributed by atoms with van der Waals surface area (Å²) in [6.45, 7) is 5.71. The minimum Gasteiger partial charge on any atom is -0.382 e. The van der Waals surface area contributed by atoms with E-state index in [1.54, 1.807) is 7.11 Å². The van der Waals surface area contributed by atoms with Crippen LogP contribution in [0.15, 0.2) is 42.5 Å². The maximum absolute atomic E-state index is 13.4. The predicted octanol–water partition coefficient (Wildman–Crippen LogP) is 6.14. The minimum absolute atomic E-state index is 0.0676. The highest BCUT2D eigenvalue weighted by molar-refractivity contribution is 6.31. The SMILES string of the molecule is CC[C@@]12CC[C@@H](c3ccc(C)cc3Cl)[C@@H](c3ccc(Cl)cc3)[C@@H]1[C@@H](COCCOC)NC2=O. The van der Waals surface area contributed by atoms with E-state index in [0.29, 0.717) is 24.8 Å². The highest BCUT2D eigenvalue weighted by Crippen LogP contribution is 2.60. The van der Waals surface area contributed by atoms with Crippen molar-refractivity contribution in [1.82, 2.24) is 5.32 Å². The highest BCUT2D eigenvalue weighted by atomic mass is 35.5. The van der Waals surface area contributed by atoms with Gasteiger partial charge in [-0.1, -0.05) is 54.4 Å². The lowest BCUT2D eigenvalue weighted by Crippen LogP contribution is -2.45. The molecule has 1 aliphatic carbocycles. The van der Waals surface area contributed by atoms with Gasteiger partial charge in [-0.3, -0.25) is 4.79 Å². The van der Waals surface area contributed by atoms with Crippen LogP contribution in [0.5, 0.6) is 0 Å². The number of fused-ring (bicyclic) bond motifs is 1. The molecule has 1 N–H and O–H groups in total. The summed E-state index contributed by atoms with van der Waals surface area (Å²) in [5.41, 5.74) is 3.09. The van der Waals surface area contributed by atoms with E-state index in [4.69, 9.17) is 32.7 Å². The number of ether oxygens (including phenoxy) is 2. The van der Waals surface area contributed by atoms with Gasteiger partial charge in [-0.25, -0.2) is 0 Å². The maximum atomic E-state index is 13.4. The molecule has 0 aromatic heterocycles. The van der Waals surface area contributed by atoms with Crippen molar-refractivity contribution in [3.63, 3.8) is 0 Å². The van der Waals surface area contributed by atoms with E-state index < -0.39 is 5.41 Å². The van der Waals surface area contributed by atoms with Crippen molar-refractivity contribution in [3.8, 4) is 0 Å². The molecule has 0 radical (unpaired) electrons. The molecule has 2 aliphatic rings. The van der Waals surface area contributed by atoms with Crippen molar-refractivity contribution >= 4 is 29.1 Å². The van der Waals surface area contributed by atoms with Gasteiger partial charge >= 0.3 is 0 Å². The molecule has 1 saturated carbocycles. The van der Waals surface area contributed by atoms with Gasteiger partial charge in [0.25, 0.3) is 0 Å². The first-order chi connectivity index (χ1) is 15.9. The van der Waals surface area contributed by atoms with Crippen molar-refractivity contribution in [3.05, 3.63) is 69.2 Å². The van der Waals surface area contributed by atoms with E-state index in [0.717, 1.165) is 35.4 Å². The zero-order valence-electron chi connectivity index (χ0n) is 19.6. The van der Waals surface area contributed by atoms with E-state index in [9.17, 15) is 4.79 Å². The summed E-state index contributed by atoms with van der Waals surface area (Å²) < 4.78 is 11.1. The van der Waals surface area contributed by atoms with Crippen LogP contribution in [0.25, 0.3) is 0 Å². The molecule has 4 nitrogen and oxygen atoms in total. The van der Waals surface area contributed by atoms with E-state index in [1.165, 1.54) is 5.56 Å². The summed E-state index contributed by atoms with van der Waals surface area (Å²) in [5, 5.41) is 4.82. The Labute approximate surface area is 206 Å². The first-order valence-electron chi connectivity index (χ1n) is 11.8. The Bertz CT molecular complexity index is 980. The van der Waals surface area contributed by atoms with Crippen LogP contribution < -0.4 is 5.32 Å². The lowest BCUT2D eigenvalue weighted by Gasteiger charge is -2.48. The molecule has 6 heteroatoms. The second-order valence-electron chi connectivity index (χ2n) is 9.43. The largest absolute Gasteiger partial charge is 0.382 e. The summed E-state index contributed by atoms with van der Waals surface area (Å²) >= 11 is 13.0. The fraction of sp³-hybridized carbons (Fsp3) is 0.519. The highest BCUT2D eigenvalue weighted by Gasteiger charge is 2.60. The predicted molar refractivity (Wildman–Crippen MR) is 133 cm³/mol. The quantitative estimate of drug-likeness (QED) is 0.453. The lowest BCUT2D eigenvalue weighted by atomic mass is 9.54. The van der Waals surface area contributed by atoms with Crippen LogP contribution in [0.3, 0.4) is 0 Å². The number of nitrogens with one attached hydrogen (secondary N) is 1. The van der Waals surface area contributed by atoms with Crippen LogP contribution in [0.4, 0.5) is 0 Å². The topological polar surface area (TPSA) is 47.6 Å². The lowest BCUT2D eigenvalue weighted by molar-refractivity contribution is -0.131. The number of aryl methyl sites for hydroxylation is 1. The van der Waals surface area contributed by atoms with Crippen LogP contribution in [-0.2, 0) is 14.3 Å². The molecule has 2 aromatic rings. The Morgan fingerprint density at radius 1 is 1.12 bits per heavy atom. The molecule has 1 heterocycles. The monoisotopic (exact) mass is 489 g/mol. The normalized spacial score (nSPS) is 29.1. The Kier molecular flexibility index (Phi) is 7.69. The van der Waals surface area contributed by atoms with Gasteiger partial charge in [0.1, 0.15) is 0 Å². The standard InChI is InChI=1S/C27H33Cl2NO3/c1-4-27-12-11-21(20-10-5-17(2)15-22(20)29)24(18-6-8-19(28)9-7-18)25(27)23(30-26(27)31)16-33-14-13-32-3/h5-10,15,21,23-25H,4,11-14,16H2,1-3H3,(H,30,31)/t21-,23+,24+,25-,27+/m0/s1. The summed E-state index contributed by atoms with van der Waals surface area (Å²) in [4.78, 5) is 13.4. The average molecular weight is 490 g/mol. The third-order valence-corrected chi connectivity index (χ3v) is 8.31. The zero-order chi connectivity index (χ0) is 23.6. The number of amides is 1. The van der Waals surface area contributed by atoms with E-state index in [-0.39, 0.29) is 29.7 Å². The molecule has 33 heavy (non-hydrogen) atoms. The van der Waals surface area contributed by atoms with Crippen LogP contribution in [0, 0.1) is 18.3 Å². The molecule has 2 fully saturated rings. The van der Waals surface area contributed by atoms with Crippen LogP contribution >= 0.6 is 23.2 Å². The molecule has 0 spiro atoms. The summed E-state index contributed by atoms with van der Waals surface area (Å²) in [6, 6.07) is 14.4. The summed E-state index contributed by atoms with van der Waals surface area (Å²) in [7, 11) is 1.66. The fourth-order valence-corrected chi connectivity index (χ4v) is 6.63. The van der Waals surface area contributed by atoms with Crippen molar-refractivity contribution in [2.45, 2.75) is 51.0 Å². The van der Waals surface area contributed by atoms with Crippen LogP contribution in [-0.4, -0.2) is 38.9 Å². The minimum atomic E-state index is -0.409. The molecule has 0 bridgehead atoms. The molecule has 4 rings (SSSR count). The molecular formula is C27H33Cl2NO3.